The van der Waals surface area contributed by atoms with Crippen molar-refractivity contribution in [3.63, 3.8) is 0 Å². The van der Waals surface area contributed by atoms with E-state index in [4.69, 9.17) is 4.74 Å². The Hall–Kier alpha value is -2.75. The number of aromatic nitrogens is 2. The zero-order valence-corrected chi connectivity index (χ0v) is 17.0. The number of carbonyl (C=O) groups is 2. The fourth-order valence-electron chi connectivity index (χ4n) is 3.56. The summed E-state index contributed by atoms with van der Waals surface area (Å²) in [7, 11) is 1.32. The van der Waals surface area contributed by atoms with E-state index in [1.54, 1.807) is 6.92 Å². The minimum Gasteiger partial charge on any atom is -0.465 e. The highest BCUT2D eigenvalue weighted by Crippen LogP contribution is 2.40. The van der Waals surface area contributed by atoms with Crippen molar-refractivity contribution in [3.8, 4) is 0 Å². The van der Waals surface area contributed by atoms with E-state index in [0.29, 0.717) is 22.2 Å². The van der Waals surface area contributed by atoms with Crippen LogP contribution in [-0.2, 0) is 28.9 Å². The molecule has 1 aliphatic carbocycles. The summed E-state index contributed by atoms with van der Waals surface area (Å²) in [6.45, 7) is 5.06. The van der Waals surface area contributed by atoms with Crippen LogP contribution in [0.4, 0.5) is 10.7 Å². The van der Waals surface area contributed by atoms with Crippen LogP contribution < -0.4 is 5.32 Å². The molecule has 0 aliphatic heterocycles. The molecule has 9 nitrogen and oxygen atoms in total. The first-order valence-corrected chi connectivity index (χ1v) is 9.75. The number of carbonyl (C=O) groups excluding carboxylic acids is 2. The number of nitrogens with zero attached hydrogens (tertiary/aromatic N) is 3. The van der Waals surface area contributed by atoms with Gasteiger partial charge >= 0.3 is 11.7 Å². The number of hydrogen-bond donors (Lipinski definition) is 1. The van der Waals surface area contributed by atoms with Crippen LogP contribution >= 0.6 is 11.3 Å². The second kappa shape index (κ2) is 7.70. The molecule has 1 atom stereocenters. The van der Waals surface area contributed by atoms with Crippen molar-refractivity contribution in [2.45, 2.75) is 46.6 Å². The first kappa shape index (κ1) is 20.0. The number of hydrogen-bond acceptors (Lipinski definition) is 7. The van der Waals surface area contributed by atoms with Gasteiger partial charge in [0.2, 0.25) is 5.91 Å². The van der Waals surface area contributed by atoms with E-state index in [1.165, 1.54) is 30.1 Å². The zero-order chi connectivity index (χ0) is 20.6. The number of ether oxygens (including phenoxy) is 1. The van der Waals surface area contributed by atoms with Gasteiger partial charge in [0.05, 0.1) is 17.6 Å². The molecule has 28 heavy (non-hydrogen) atoms. The van der Waals surface area contributed by atoms with Gasteiger partial charge in [0.25, 0.3) is 0 Å². The van der Waals surface area contributed by atoms with Crippen molar-refractivity contribution < 1.29 is 19.2 Å². The van der Waals surface area contributed by atoms with Crippen LogP contribution in [0.5, 0.6) is 0 Å². The van der Waals surface area contributed by atoms with Gasteiger partial charge in [-0.2, -0.15) is 5.10 Å². The summed E-state index contributed by atoms with van der Waals surface area (Å²) in [5.74, 6) is -0.350. The van der Waals surface area contributed by atoms with Gasteiger partial charge in [-0.05, 0) is 44.6 Å². The number of amides is 1. The summed E-state index contributed by atoms with van der Waals surface area (Å²) >= 11 is 1.40. The second-order valence-electron chi connectivity index (χ2n) is 7.03. The fourth-order valence-corrected chi connectivity index (χ4v) is 4.98. The highest BCUT2D eigenvalue weighted by Gasteiger charge is 2.29. The van der Waals surface area contributed by atoms with Crippen LogP contribution in [0.15, 0.2) is 0 Å². The molecule has 0 radical (unpaired) electrons. The van der Waals surface area contributed by atoms with Gasteiger partial charge in [-0.3, -0.25) is 19.6 Å². The summed E-state index contributed by atoms with van der Waals surface area (Å²) in [5, 5.41) is 18.5. The number of anilines is 1. The molecule has 0 spiro atoms. The number of methoxy groups -OCH3 is 1. The largest absolute Gasteiger partial charge is 0.465 e. The average Bonchev–Trinajstić information content (AvgIpc) is 3.10. The Kier molecular flexibility index (Phi) is 5.50. The van der Waals surface area contributed by atoms with Crippen molar-refractivity contribution in [2.75, 3.05) is 12.4 Å². The maximum atomic E-state index is 12.6. The predicted molar refractivity (Wildman–Crippen MR) is 104 cm³/mol. The monoisotopic (exact) mass is 406 g/mol. The van der Waals surface area contributed by atoms with Crippen LogP contribution in [0.1, 0.15) is 45.5 Å². The smallest absolute Gasteiger partial charge is 0.341 e. The number of rotatable bonds is 5. The third-order valence-corrected chi connectivity index (χ3v) is 6.14. The maximum absolute atomic E-state index is 12.6. The summed E-state index contributed by atoms with van der Waals surface area (Å²) in [4.78, 5) is 36.6. The quantitative estimate of drug-likeness (QED) is 0.463. The average molecular weight is 406 g/mol. The predicted octanol–water partition coefficient (Wildman–Crippen LogP) is 3.02. The second-order valence-corrected chi connectivity index (χ2v) is 8.14. The number of thiophene rings is 1. The summed E-state index contributed by atoms with van der Waals surface area (Å²) in [6, 6.07) is 0. The van der Waals surface area contributed by atoms with Crippen LogP contribution in [0, 0.1) is 29.9 Å². The molecule has 1 aliphatic rings. The Morgan fingerprint density at radius 1 is 1.43 bits per heavy atom. The van der Waals surface area contributed by atoms with E-state index in [2.05, 4.69) is 17.3 Å². The molecule has 1 N–H and O–H groups in total. The number of nitro groups is 1. The van der Waals surface area contributed by atoms with Gasteiger partial charge in [-0.1, -0.05) is 6.92 Å². The highest BCUT2D eigenvalue weighted by atomic mass is 32.1. The van der Waals surface area contributed by atoms with Crippen LogP contribution in [0.25, 0.3) is 0 Å². The molecular formula is C18H22N4O5S. The molecule has 2 heterocycles. The number of esters is 1. The molecule has 0 aromatic carbocycles. The number of aryl methyl sites for hydroxylation is 1. The van der Waals surface area contributed by atoms with Crippen LogP contribution in [0.2, 0.25) is 0 Å². The van der Waals surface area contributed by atoms with Crippen molar-refractivity contribution in [3.05, 3.63) is 37.5 Å². The summed E-state index contributed by atoms with van der Waals surface area (Å²) in [5.41, 5.74) is 1.84. The molecule has 0 fully saturated rings. The SMILES string of the molecule is COC(=O)c1c(NC(=O)Cn2nc(C)c([N+](=O)[O-])c2C)sc2c1CC[C@H](C)C2. The van der Waals surface area contributed by atoms with Gasteiger partial charge in [0.15, 0.2) is 0 Å². The van der Waals surface area contributed by atoms with Crippen LogP contribution in [-0.4, -0.2) is 33.7 Å². The van der Waals surface area contributed by atoms with Crippen molar-refractivity contribution in [1.82, 2.24) is 9.78 Å². The molecule has 10 heteroatoms. The summed E-state index contributed by atoms with van der Waals surface area (Å²) < 4.78 is 6.22. The molecule has 1 amide bonds. The minimum atomic E-state index is -0.504. The molecule has 0 bridgehead atoms. The molecule has 2 aromatic heterocycles. The standard InChI is InChI=1S/C18H22N4O5S/c1-9-5-6-12-13(7-9)28-17(15(12)18(24)27-4)19-14(23)8-21-11(3)16(22(25)26)10(2)20-21/h9H,5-8H2,1-4H3,(H,19,23)/t9-/m0/s1. The maximum Gasteiger partial charge on any atom is 0.341 e. The third kappa shape index (κ3) is 3.64. The molecule has 150 valence electrons. The lowest BCUT2D eigenvalue weighted by Crippen LogP contribution is -2.21. The molecule has 0 unspecified atom stereocenters. The fraction of sp³-hybridized carbons (Fsp3) is 0.500. The van der Waals surface area contributed by atoms with Gasteiger partial charge < -0.3 is 10.1 Å². The first-order chi connectivity index (χ1) is 13.2. The van der Waals surface area contributed by atoms with E-state index in [9.17, 15) is 19.7 Å². The van der Waals surface area contributed by atoms with Crippen molar-refractivity contribution >= 4 is 33.9 Å². The van der Waals surface area contributed by atoms with Gasteiger partial charge in [0.1, 0.15) is 22.9 Å². The van der Waals surface area contributed by atoms with Gasteiger partial charge in [0, 0.05) is 4.88 Å². The summed E-state index contributed by atoms with van der Waals surface area (Å²) in [6.07, 6.45) is 2.62. The van der Waals surface area contributed by atoms with Crippen molar-refractivity contribution in [2.24, 2.45) is 5.92 Å². The highest BCUT2D eigenvalue weighted by molar-refractivity contribution is 7.17. The lowest BCUT2D eigenvalue weighted by atomic mass is 9.88. The number of fused-ring (bicyclic) bond motifs is 1. The lowest BCUT2D eigenvalue weighted by molar-refractivity contribution is -0.386. The van der Waals surface area contributed by atoms with Gasteiger partial charge in [-0.25, -0.2) is 4.79 Å². The Labute approximate surface area is 165 Å². The van der Waals surface area contributed by atoms with E-state index in [1.807, 2.05) is 0 Å². The van der Waals surface area contributed by atoms with Crippen molar-refractivity contribution in [1.29, 1.82) is 0 Å². The topological polar surface area (TPSA) is 116 Å². The Morgan fingerprint density at radius 2 is 2.14 bits per heavy atom. The number of nitrogens with one attached hydrogen (secondary N) is 1. The molecular weight excluding hydrogens is 384 g/mol. The normalized spacial score (nSPS) is 15.8. The lowest BCUT2D eigenvalue weighted by Gasteiger charge is -2.18. The van der Waals surface area contributed by atoms with E-state index in [0.717, 1.165) is 29.7 Å². The van der Waals surface area contributed by atoms with E-state index >= 15 is 0 Å². The van der Waals surface area contributed by atoms with Gasteiger partial charge in [-0.15, -0.1) is 11.3 Å². The minimum absolute atomic E-state index is 0.0939. The molecule has 2 aromatic rings. The Morgan fingerprint density at radius 3 is 2.75 bits per heavy atom. The third-order valence-electron chi connectivity index (χ3n) is 4.97. The van der Waals surface area contributed by atoms with E-state index < -0.39 is 16.8 Å². The van der Waals surface area contributed by atoms with E-state index in [-0.39, 0.29) is 17.9 Å². The van der Waals surface area contributed by atoms with Crippen LogP contribution in [0.3, 0.4) is 0 Å². The molecule has 0 saturated carbocycles. The first-order valence-electron chi connectivity index (χ1n) is 8.94. The molecule has 3 rings (SSSR count). The zero-order valence-electron chi connectivity index (χ0n) is 16.2. The molecule has 0 saturated heterocycles. The Balaban J connectivity index is 1.86. The Bertz CT molecular complexity index is 962.